The lowest BCUT2D eigenvalue weighted by atomic mass is 10.1. The zero-order valence-corrected chi connectivity index (χ0v) is 12.9. The number of methoxy groups -OCH3 is 1. The number of likely N-dealkylation sites (tertiary alicyclic amines) is 1. The van der Waals surface area contributed by atoms with Crippen molar-refractivity contribution in [1.82, 2.24) is 4.90 Å². The number of piperidine rings is 1. The maximum atomic E-state index is 12.4. The van der Waals surface area contributed by atoms with E-state index in [0.29, 0.717) is 11.4 Å². The molecule has 1 aliphatic heterocycles. The van der Waals surface area contributed by atoms with Crippen molar-refractivity contribution < 1.29 is 14.5 Å². The third-order valence-electron chi connectivity index (χ3n) is 3.97. The van der Waals surface area contributed by atoms with Crippen LogP contribution in [0.15, 0.2) is 18.2 Å². The van der Waals surface area contributed by atoms with Gasteiger partial charge in [-0.2, -0.15) is 0 Å². The molecule has 0 radical (unpaired) electrons. The third kappa shape index (κ3) is 3.73. The van der Waals surface area contributed by atoms with E-state index in [2.05, 4.69) is 10.2 Å². The van der Waals surface area contributed by atoms with Crippen molar-refractivity contribution in [3.05, 3.63) is 28.3 Å². The number of nitro benzene ring substituents is 1. The van der Waals surface area contributed by atoms with E-state index in [9.17, 15) is 14.9 Å². The number of hydrogen-bond donors (Lipinski definition) is 1. The molecular weight excluding hydrogens is 286 g/mol. The van der Waals surface area contributed by atoms with Crippen molar-refractivity contribution in [3.63, 3.8) is 0 Å². The maximum Gasteiger partial charge on any atom is 0.271 e. The Morgan fingerprint density at radius 1 is 1.36 bits per heavy atom. The lowest BCUT2D eigenvalue weighted by Gasteiger charge is -2.31. The van der Waals surface area contributed by atoms with Gasteiger partial charge >= 0.3 is 0 Å². The summed E-state index contributed by atoms with van der Waals surface area (Å²) in [6.45, 7) is 3.66. The summed E-state index contributed by atoms with van der Waals surface area (Å²) in [5.74, 6) is 0.227. The highest BCUT2D eigenvalue weighted by Gasteiger charge is 2.24. The fraction of sp³-hybridized carbons (Fsp3) is 0.533. The zero-order valence-electron chi connectivity index (χ0n) is 12.9. The van der Waals surface area contributed by atoms with Crippen LogP contribution in [-0.4, -0.2) is 42.0 Å². The highest BCUT2D eigenvalue weighted by atomic mass is 16.6. The van der Waals surface area contributed by atoms with Crippen LogP contribution in [-0.2, 0) is 4.79 Å². The first-order valence-corrected chi connectivity index (χ1v) is 7.40. The number of nitrogens with one attached hydrogen (secondary N) is 1. The van der Waals surface area contributed by atoms with Crippen LogP contribution in [0.25, 0.3) is 0 Å². The highest BCUT2D eigenvalue weighted by molar-refractivity contribution is 5.96. The van der Waals surface area contributed by atoms with Gasteiger partial charge in [-0.15, -0.1) is 0 Å². The van der Waals surface area contributed by atoms with Gasteiger partial charge in [0.15, 0.2) is 0 Å². The lowest BCUT2D eigenvalue weighted by Crippen LogP contribution is -2.44. The molecule has 1 aliphatic rings. The van der Waals surface area contributed by atoms with Crippen molar-refractivity contribution in [2.75, 3.05) is 25.5 Å². The standard InChI is InChI=1S/C15H21N3O4/c1-11(17-8-4-3-5-9-17)15(19)16-13-10-12(18(20)21)6-7-14(13)22-2/h6-7,10-11H,3-5,8-9H2,1-2H3,(H,16,19)/t11-/m1/s1. The molecule has 0 saturated carbocycles. The molecule has 1 aromatic carbocycles. The van der Waals surface area contributed by atoms with E-state index in [0.717, 1.165) is 25.9 Å². The van der Waals surface area contributed by atoms with E-state index < -0.39 is 4.92 Å². The predicted octanol–water partition coefficient (Wildman–Crippen LogP) is 2.42. The minimum absolute atomic E-state index is 0.0817. The fourth-order valence-corrected chi connectivity index (χ4v) is 2.62. The smallest absolute Gasteiger partial charge is 0.271 e. The van der Waals surface area contributed by atoms with Crippen LogP contribution in [0.4, 0.5) is 11.4 Å². The summed E-state index contributed by atoms with van der Waals surface area (Å²) in [5, 5.41) is 13.6. The SMILES string of the molecule is COc1ccc([N+](=O)[O-])cc1NC(=O)[C@@H](C)N1CCCCC1. The molecule has 7 nitrogen and oxygen atoms in total. The van der Waals surface area contributed by atoms with Gasteiger partial charge in [-0.3, -0.25) is 19.8 Å². The average Bonchev–Trinajstić information content (AvgIpc) is 2.54. The molecule has 0 aliphatic carbocycles. The molecule has 1 heterocycles. The van der Waals surface area contributed by atoms with E-state index in [1.807, 2.05) is 6.92 Å². The van der Waals surface area contributed by atoms with Crippen LogP contribution >= 0.6 is 0 Å². The lowest BCUT2D eigenvalue weighted by molar-refractivity contribution is -0.384. The van der Waals surface area contributed by atoms with Crippen molar-refractivity contribution in [3.8, 4) is 5.75 Å². The molecule has 1 N–H and O–H groups in total. The van der Waals surface area contributed by atoms with Gasteiger partial charge in [-0.05, 0) is 38.9 Å². The summed E-state index contributed by atoms with van der Waals surface area (Å²) in [6, 6.07) is 3.88. The van der Waals surface area contributed by atoms with Crippen LogP contribution in [0.2, 0.25) is 0 Å². The first-order chi connectivity index (χ1) is 10.5. The normalized spacial score (nSPS) is 16.8. The number of carbonyl (C=O) groups excluding carboxylic acids is 1. The Balaban J connectivity index is 2.12. The number of non-ortho nitro benzene ring substituents is 1. The Hall–Kier alpha value is -2.15. The molecule has 0 aromatic heterocycles. The average molecular weight is 307 g/mol. The molecule has 1 aromatic rings. The number of carbonyl (C=O) groups is 1. The molecule has 22 heavy (non-hydrogen) atoms. The summed E-state index contributed by atoms with van der Waals surface area (Å²) < 4.78 is 5.16. The summed E-state index contributed by atoms with van der Waals surface area (Å²) >= 11 is 0. The number of benzene rings is 1. The molecule has 1 fully saturated rings. The number of amides is 1. The highest BCUT2D eigenvalue weighted by Crippen LogP contribution is 2.29. The molecule has 1 saturated heterocycles. The maximum absolute atomic E-state index is 12.4. The number of hydrogen-bond acceptors (Lipinski definition) is 5. The van der Waals surface area contributed by atoms with E-state index in [1.165, 1.54) is 31.7 Å². The van der Waals surface area contributed by atoms with Gasteiger partial charge in [-0.25, -0.2) is 0 Å². The van der Waals surface area contributed by atoms with Gasteiger partial charge < -0.3 is 10.1 Å². The monoisotopic (exact) mass is 307 g/mol. The predicted molar refractivity (Wildman–Crippen MR) is 83.2 cm³/mol. The first kappa shape index (κ1) is 16.2. The molecule has 0 bridgehead atoms. The Morgan fingerprint density at radius 3 is 2.64 bits per heavy atom. The summed E-state index contributed by atoms with van der Waals surface area (Å²) in [5.41, 5.74) is 0.243. The molecular formula is C15H21N3O4. The van der Waals surface area contributed by atoms with Gasteiger partial charge in [0.05, 0.1) is 23.8 Å². The van der Waals surface area contributed by atoms with Crippen LogP contribution in [0.5, 0.6) is 5.75 Å². The van der Waals surface area contributed by atoms with Gasteiger partial charge in [-0.1, -0.05) is 6.42 Å². The van der Waals surface area contributed by atoms with Gasteiger partial charge in [0.1, 0.15) is 5.75 Å². The number of ether oxygens (including phenoxy) is 1. The summed E-state index contributed by atoms with van der Waals surface area (Å²) in [6.07, 6.45) is 3.39. The van der Waals surface area contributed by atoms with Gasteiger partial charge in [0.25, 0.3) is 5.69 Å². The fourth-order valence-electron chi connectivity index (χ4n) is 2.62. The van der Waals surface area contributed by atoms with Crippen molar-refractivity contribution in [2.45, 2.75) is 32.2 Å². The Bertz CT molecular complexity index is 556. The largest absolute Gasteiger partial charge is 0.495 e. The second kappa shape index (κ2) is 7.22. The number of anilines is 1. The van der Waals surface area contributed by atoms with E-state index >= 15 is 0 Å². The summed E-state index contributed by atoms with van der Waals surface area (Å²) in [4.78, 5) is 24.9. The van der Waals surface area contributed by atoms with Gasteiger partial charge in [0.2, 0.25) is 5.91 Å². The summed E-state index contributed by atoms with van der Waals surface area (Å²) in [7, 11) is 1.46. The number of nitro groups is 1. The number of nitrogens with zero attached hydrogens (tertiary/aromatic N) is 2. The van der Waals surface area contributed by atoms with Crippen LogP contribution in [0.3, 0.4) is 0 Å². The second-order valence-corrected chi connectivity index (χ2v) is 5.40. The van der Waals surface area contributed by atoms with Crippen molar-refractivity contribution in [1.29, 1.82) is 0 Å². The second-order valence-electron chi connectivity index (χ2n) is 5.40. The van der Waals surface area contributed by atoms with Crippen LogP contribution in [0, 0.1) is 10.1 Å². The van der Waals surface area contributed by atoms with Crippen molar-refractivity contribution >= 4 is 17.3 Å². The minimum atomic E-state index is -0.497. The van der Waals surface area contributed by atoms with Crippen LogP contribution < -0.4 is 10.1 Å². The van der Waals surface area contributed by atoms with E-state index in [4.69, 9.17) is 4.74 Å². The van der Waals surface area contributed by atoms with Crippen molar-refractivity contribution in [2.24, 2.45) is 0 Å². The molecule has 1 amide bonds. The Labute approximate surface area is 129 Å². The quantitative estimate of drug-likeness (QED) is 0.667. The molecule has 7 heteroatoms. The van der Waals surface area contributed by atoms with Gasteiger partial charge in [0, 0.05) is 12.1 Å². The Morgan fingerprint density at radius 2 is 2.05 bits per heavy atom. The molecule has 2 rings (SSSR count). The topological polar surface area (TPSA) is 84.7 Å². The third-order valence-corrected chi connectivity index (χ3v) is 3.97. The molecule has 120 valence electrons. The Kier molecular flexibility index (Phi) is 5.32. The number of rotatable bonds is 5. The molecule has 0 unspecified atom stereocenters. The zero-order chi connectivity index (χ0) is 16.1. The molecule has 1 atom stereocenters. The minimum Gasteiger partial charge on any atom is -0.495 e. The van der Waals surface area contributed by atoms with E-state index in [-0.39, 0.29) is 17.6 Å². The first-order valence-electron chi connectivity index (χ1n) is 7.40. The van der Waals surface area contributed by atoms with E-state index in [1.54, 1.807) is 0 Å². The molecule has 0 spiro atoms. The van der Waals surface area contributed by atoms with Crippen LogP contribution in [0.1, 0.15) is 26.2 Å².